The lowest BCUT2D eigenvalue weighted by Crippen LogP contribution is -2.24. The SMILES string of the molecule is CCCNC(Cc1nc(C)cs1)c1ccc(C)c(F)c1. The molecule has 2 rings (SSSR count). The van der Waals surface area contributed by atoms with Crippen LogP contribution in [0.5, 0.6) is 0 Å². The molecule has 0 radical (unpaired) electrons. The third-order valence-corrected chi connectivity index (χ3v) is 4.27. The fourth-order valence-electron chi connectivity index (χ4n) is 2.12. The van der Waals surface area contributed by atoms with E-state index in [1.54, 1.807) is 24.3 Å². The molecule has 0 amide bonds. The third kappa shape index (κ3) is 3.87. The Morgan fingerprint density at radius 1 is 1.35 bits per heavy atom. The first-order chi connectivity index (χ1) is 9.60. The van der Waals surface area contributed by atoms with E-state index >= 15 is 0 Å². The Labute approximate surface area is 124 Å². The van der Waals surface area contributed by atoms with Gasteiger partial charge in [-0.2, -0.15) is 0 Å². The van der Waals surface area contributed by atoms with E-state index < -0.39 is 0 Å². The summed E-state index contributed by atoms with van der Waals surface area (Å²) < 4.78 is 13.8. The highest BCUT2D eigenvalue weighted by Gasteiger charge is 2.14. The largest absolute Gasteiger partial charge is 0.310 e. The van der Waals surface area contributed by atoms with Crippen molar-refractivity contribution in [3.63, 3.8) is 0 Å². The lowest BCUT2D eigenvalue weighted by atomic mass is 10.0. The van der Waals surface area contributed by atoms with Crippen LogP contribution in [-0.4, -0.2) is 11.5 Å². The maximum absolute atomic E-state index is 13.8. The molecule has 0 spiro atoms. The van der Waals surface area contributed by atoms with Gasteiger partial charge >= 0.3 is 0 Å². The molecule has 0 aliphatic rings. The molecule has 1 N–H and O–H groups in total. The van der Waals surface area contributed by atoms with Gasteiger partial charge in [0, 0.05) is 23.5 Å². The first-order valence-electron chi connectivity index (χ1n) is 7.00. The van der Waals surface area contributed by atoms with Crippen LogP contribution >= 0.6 is 11.3 Å². The first-order valence-corrected chi connectivity index (χ1v) is 7.88. The molecular formula is C16H21FN2S. The number of aromatic nitrogens is 1. The van der Waals surface area contributed by atoms with Crippen LogP contribution in [0.25, 0.3) is 0 Å². The molecule has 1 aromatic carbocycles. The standard InChI is InChI=1S/C16H21FN2S/c1-4-7-18-15(9-16-19-12(3)10-20-16)13-6-5-11(2)14(17)8-13/h5-6,8,10,15,18H,4,7,9H2,1-3H3. The van der Waals surface area contributed by atoms with Crippen LogP contribution in [0.4, 0.5) is 4.39 Å². The number of hydrogen-bond donors (Lipinski definition) is 1. The van der Waals surface area contributed by atoms with Crippen LogP contribution in [0.1, 0.15) is 41.2 Å². The van der Waals surface area contributed by atoms with E-state index in [4.69, 9.17) is 0 Å². The first kappa shape index (κ1) is 15.1. The fraction of sp³-hybridized carbons (Fsp3) is 0.438. The van der Waals surface area contributed by atoms with E-state index in [2.05, 4.69) is 22.6 Å². The van der Waals surface area contributed by atoms with Crippen molar-refractivity contribution in [3.05, 3.63) is 51.2 Å². The van der Waals surface area contributed by atoms with Crippen molar-refractivity contribution in [2.75, 3.05) is 6.54 Å². The number of benzene rings is 1. The average molecular weight is 292 g/mol. The van der Waals surface area contributed by atoms with E-state index in [0.29, 0.717) is 5.56 Å². The molecule has 20 heavy (non-hydrogen) atoms. The predicted molar refractivity (Wildman–Crippen MR) is 82.7 cm³/mol. The van der Waals surface area contributed by atoms with E-state index in [1.165, 1.54) is 0 Å². The molecule has 2 nitrogen and oxygen atoms in total. The minimum absolute atomic E-state index is 0.121. The molecule has 0 saturated heterocycles. The number of thiazole rings is 1. The molecule has 0 aliphatic heterocycles. The minimum atomic E-state index is -0.138. The molecule has 2 aromatic rings. The average Bonchev–Trinajstić information content (AvgIpc) is 2.83. The summed E-state index contributed by atoms with van der Waals surface area (Å²) in [6, 6.07) is 5.61. The van der Waals surface area contributed by atoms with Gasteiger partial charge in [0.2, 0.25) is 0 Å². The van der Waals surface area contributed by atoms with Gasteiger partial charge in [-0.3, -0.25) is 0 Å². The van der Waals surface area contributed by atoms with E-state index in [9.17, 15) is 4.39 Å². The second-order valence-corrected chi connectivity index (χ2v) is 6.04. The highest BCUT2D eigenvalue weighted by molar-refractivity contribution is 7.09. The van der Waals surface area contributed by atoms with Crippen molar-refractivity contribution in [1.29, 1.82) is 0 Å². The maximum atomic E-state index is 13.8. The van der Waals surface area contributed by atoms with Crippen molar-refractivity contribution in [3.8, 4) is 0 Å². The summed E-state index contributed by atoms with van der Waals surface area (Å²) in [6.45, 7) is 6.84. The van der Waals surface area contributed by atoms with Crippen molar-refractivity contribution in [2.45, 2.75) is 39.7 Å². The van der Waals surface area contributed by atoms with E-state index in [-0.39, 0.29) is 11.9 Å². The summed E-state index contributed by atoms with van der Waals surface area (Å²) in [5.74, 6) is -0.138. The zero-order chi connectivity index (χ0) is 14.5. The summed E-state index contributed by atoms with van der Waals surface area (Å²) in [7, 11) is 0. The Morgan fingerprint density at radius 2 is 2.15 bits per heavy atom. The monoisotopic (exact) mass is 292 g/mol. The van der Waals surface area contributed by atoms with Gasteiger partial charge in [-0.05, 0) is 44.0 Å². The van der Waals surface area contributed by atoms with E-state index in [0.717, 1.165) is 35.7 Å². The predicted octanol–water partition coefficient (Wildman–Crippen LogP) is 4.18. The molecule has 0 fully saturated rings. The Hall–Kier alpha value is -1.26. The molecule has 1 heterocycles. The lowest BCUT2D eigenvalue weighted by molar-refractivity contribution is 0.522. The van der Waals surface area contributed by atoms with Crippen LogP contribution in [0, 0.1) is 19.7 Å². The summed E-state index contributed by atoms with van der Waals surface area (Å²) in [5, 5.41) is 6.64. The van der Waals surface area contributed by atoms with Gasteiger partial charge in [-0.15, -0.1) is 11.3 Å². The zero-order valence-corrected chi connectivity index (χ0v) is 13.1. The number of hydrogen-bond acceptors (Lipinski definition) is 3. The summed E-state index contributed by atoms with van der Waals surface area (Å²) in [4.78, 5) is 4.51. The van der Waals surface area contributed by atoms with Crippen LogP contribution in [-0.2, 0) is 6.42 Å². The van der Waals surface area contributed by atoms with Crippen molar-refractivity contribution < 1.29 is 4.39 Å². The van der Waals surface area contributed by atoms with Crippen molar-refractivity contribution in [2.24, 2.45) is 0 Å². The van der Waals surface area contributed by atoms with E-state index in [1.807, 2.05) is 19.1 Å². The van der Waals surface area contributed by atoms with Gasteiger partial charge in [0.1, 0.15) is 5.82 Å². The smallest absolute Gasteiger partial charge is 0.126 e. The van der Waals surface area contributed by atoms with Gasteiger partial charge in [-0.25, -0.2) is 9.37 Å². The van der Waals surface area contributed by atoms with Gasteiger partial charge in [-0.1, -0.05) is 19.1 Å². The molecule has 1 aromatic heterocycles. The summed E-state index contributed by atoms with van der Waals surface area (Å²) in [5.41, 5.74) is 2.73. The molecule has 0 bridgehead atoms. The van der Waals surface area contributed by atoms with Crippen LogP contribution in [0.3, 0.4) is 0 Å². The molecule has 0 saturated carbocycles. The Bertz CT molecular complexity index is 565. The van der Waals surface area contributed by atoms with Gasteiger partial charge in [0.15, 0.2) is 0 Å². The molecule has 1 unspecified atom stereocenters. The third-order valence-electron chi connectivity index (χ3n) is 3.28. The van der Waals surface area contributed by atoms with Crippen molar-refractivity contribution >= 4 is 11.3 Å². The second-order valence-electron chi connectivity index (χ2n) is 5.10. The van der Waals surface area contributed by atoms with Gasteiger partial charge in [0.25, 0.3) is 0 Å². The summed E-state index contributed by atoms with van der Waals surface area (Å²) >= 11 is 1.67. The number of nitrogens with one attached hydrogen (secondary N) is 1. The van der Waals surface area contributed by atoms with Crippen molar-refractivity contribution in [1.82, 2.24) is 10.3 Å². The van der Waals surface area contributed by atoms with Crippen LogP contribution in [0.2, 0.25) is 0 Å². The molecule has 108 valence electrons. The van der Waals surface area contributed by atoms with Crippen LogP contribution in [0.15, 0.2) is 23.6 Å². The molecule has 1 atom stereocenters. The Morgan fingerprint density at radius 3 is 2.75 bits per heavy atom. The summed E-state index contributed by atoms with van der Waals surface area (Å²) in [6.07, 6.45) is 1.86. The van der Waals surface area contributed by atoms with Gasteiger partial charge in [0.05, 0.1) is 5.01 Å². The highest BCUT2D eigenvalue weighted by Crippen LogP contribution is 2.22. The molecular weight excluding hydrogens is 271 g/mol. The number of nitrogens with zero attached hydrogens (tertiary/aromatic N) is 1. The quantitative estimate of drug-likeness (QED) is 0.864. The normalized spacial score (nSPS) is 12.6. The Kier molecular flexibility index (Phi) is 5.26. The van der Waals surface area contributed by atoms with Gasteiger partial charge < -0.3 is 5.32 Å². The molecule has 0 aliphatic carbocycles. The Balaban J connectivity index is 2.19. The molecule has 4 heteroatoms. The lowest BCUT2D eigenvalue weighted by Gasteiger charge is -2.18. The maximum Gasteiger partial charge on any atom is 0.126 e. The van der Waals surface area contributed by atoms with Crippen LogP contribution < -0.4 is 5.32 Å². The number of halogens is 1. The highest BCUT2D eigenvalue weighted by atomic mass is 32.1. The number of rotatable bonds is 6. The number of aryl methyl sites for hydroxylation is 2. The zero-order valence-electron chi connectivity index (χ0n) is 12.2. The second kappa shape index (κ2) is 6.95. The fourth-order valence-corrected chi connectivity index (χ4v) is 2.94. The minimum Gasteiger partial charge on any atom is -0.310 e. The topological polar surface area (TPSA) is 24.9 Å².